The Morgan fingerprint density at radius 3 is 2.90 bits per heavy atom. The third-order valence-corrected chi connectivity index (χ3v) is 5.26. The highest BCUT2D eigenvalue weighted by atomic mass is 32.2. The van der Waals surface area contributed by atoms with Crippen molar-refractivity contribution < 1.29 is 14.1 Å². The molecule has 8 heteroatoms. The van der Waals surface area contributed by atoms with E-state index in [0.717, 1.165) is 22.8 Å². The molecule has 2 heterocycles. The number of aromatic nitrogens is 3. The maximum Gasteiger partial charge on any atom is 0.313 e. The van der Waals surface area contributed by atoms with E-state index >= 15 is 0 Å². The van der Waals surface area contributed by atoms with Crippen LogP contribution in [0.15, 0.2) is 17.4 Å². The molecule has 0 fully saturated rings. The minimum atomic E-state index is -0.965. The van der Waals surface area contributed by atoms with E-state index in [1.807, 2.05) is 24.5 Å². The number of thioether (sulfide) groups is 1. The molecule has 0 radical (unpaired) electrons. The van der Waals surface area contributed by atoms with Crippen LogP contribution in [-0.4, -0.2) is 47.1 Å². The number of imidazole rings is 1. The molecule has 0 saturated carbocycles. The second-order valence-corrected chi connectivity index (χ2v) is 7.60. The number of fused-ring (bicyclic) bond motifs is 1. The van der Waals surface area contributed by atoms with Crippen LogP contribution < -0.4 is 0 Å². The average Bonchev–Trinajstić information content (AvgIpc) is 2.73. The van der Waals surface area contributed by atoms with Crippen molar-refractivity contribution >= 4 is 39.7 Å². The molecule has 0 aromatic carbocycles. The van der Waals surface area contributed by atoms with Gasteiger partial charge in [0.15, 0.2) is 10.8 Å². The van der Waals surface area contributed by atoms with Crippen LogP contribution in [0.3, 0.4) is 0 Å². The maximum absolute atomic E-state index is 11.6. The third kappa shape index (κ3) is 3.82. The van der Waals surface area contributed by atoms with E-state index < -0.39 is 16.8 Å². The number of aryl methyl sites for hydroxylation is 1. The molecule has 0 bridgehead atoms. The van der Waals surface area contributed by atoms with E-state index in [-0.39, 0.29) is 11.0 Å². The Labute approximate surface area is 129 Å². The Balaban J connectivity index is 2.43. The molecule has 0 spiro atoms. The SMILES string of the molecule is Cc1cnc2c(c1)nc(SCC(=O)O)n2CC(C)S(C)=O. The number of carboxylic acid groups (broad SMARTS) is 1. The summed E-state index contributed by atoms with van der Waals surface area (Å²) in [5, 5.41) is 9.37. The summed E-state index contributed by atoms with van der Waals surface area (Å²) in [7, 11) is -0.965. The van der Waals surface area contributed by atoms with Gasteiger partial charge in [-0.2, -0.15) is 0 Å². The molecular weight excluding hydrogens is 310 g/mol. The van der Waals surface area contributed by atoms with Gasteiger partial charge >= 0.3 is 5.97 Å². The summed E-state index contributed by atoms with van der Waals surface area (Å²) < 4.78 is 13.4. The van der Waals surface area contributed by atoms with Crippen LogP contribution in [0.1, 0.15) is 12.5 Å². The molecule has 2 atom stereocenters. The summed E-state index contributed by atoms with van der Waals surface area (Å²) in [5.41, 5.74) is 2.43. The number of rotatable bonds is 6. The summed E-state index contributed by atoms with van der Waals surface area (Å²) in [4.78, 5) is 19.6. The van der Waals surface area contributed by atoms with Crippen LogP contribution >= 0.6 is 11.8 Å². The molecule has 114 valence electrons. The lowest BCUT2D eigenvalue weighted by Crippen LogP contribution is -2.18. The van der Waals surface area contributed by atoms with Crippen LogP contribution in [-0.2, 0) is 22.1 Å². The van der Waals surface area contributed by atoms with Crippen LogP contribution in [0.4, 0.5) is 0 Å². The Bertz CT molecular complexity index is 699. The van der Waals surface area contributed by atoms with Crippen molar-refractivity contribution in [1.82, 2.24) is 14.5 Å². The van der Waals surface area contributed by atoms with Crippen molar-refractivity contribution in [2.75, 3.05) is 12.0 Å². The van der Waals surface area contributed by atoms with Crippen LogP contribution in [0, 0.1) is 6.92 Å². The Kier molecular flexibility index (Phi) is 5.00. The molecule has 2 aromatic heterocycles. The molecule has 1 N–H and O–H groups in total. The molecule has 0 amide bonds. The van der Waals surface area contributed by atoms with Gasteiger partial charge in [0.1, 0.15) is 5.52 Å². The van der Waals surface area contributed by atoms with Crippen molar-refractivity contribution in [3.05, 3.63) is 17.8 Å². The fourth-order valence-electron chi connectivity index (χ4n) is 1.85. The van der Waals surface area contributed by atoms with E-state index in [0.29, 0.717) is 17.3 Å². The van der Waals surface area contributed by atoms with E-state index in [4.69, 9.17) is 5.11 Å². The number of aliphatic carboxylic acids is 1. The predicted molar refractivity (Wildman–Crippen MR) is 84.2 cm³/mol. The van der Waals surface area contributed by atoms with Crippen molar-refractivity contribution in [2.24, 2.45) is 0 Å². The van der Waals surface area contributed by atoms with Gasteiger partial charge in [-0.05, 0) is 25.5 Å². The summed E-state index contributed by atoms with van der Waals surface area (Å²) in [6.07, 6.45) is 3.41. The number of carbonyl (C=O) groups is 1. The Morgan fingerprint density at radius 1 is 1.57 bits per heavy atom. The van der Waals surface area contributed by atoms with E-state index in [1.54, 1.807) is 12.5 Å². The van der Waals surface area contributed by atoms with Crippen LogP contribution in [0.5, 0.6) is 0 Å². The molecule has 2 unspecified atom stereocenters. The van der Waals surface area contributed by atoms with Gasteiger partial charge in [0.05, 0.1) is 5.75 Å². The van der Waals surface area contributed by atoms with Gasteiger partial charge < -0.3 is 9.67 Å². The Morgan fingerprint density at radius 2 is 2.29 bits per heavy atom. The summed E-state index contributed by atoms with van der Waals surface area (Å²) in [6, 6.07) is 1.91. The van der Waals surface area contributed by atoms with Crippen LogP contribution in [0.25, 0.3) is 11.2 Å². The minimum Gasteiger partial charge on any atom is -0.481 e. The largest absolute Gasteiger partial charge is 0.481 e. The topological polar surface area (TPSA) is 85.1 Å². The quantitative estimate of drug-likeness (QED) is 0.813. The first-order chi connectivity index (χ1) is 9.88. The van der Waals surface area contributed by atoms with E-state index in [9.17, 15) is 9.00 Å². The minimum absolute atomic E-state index is 0.0605. The first-order valence-corrected chi connectivity index (χ1v) is 8.99. The zero-order valence-corrected chi connectivity index (χ0v) is 13.7. The lowest BCUT2D eigenvalue weighted by Gasteiger charge is -2.12. The monoisotopic (exact) mass is 327 g/mol. The second kappa shape index (κ2) is 6.57. The fraction of sp³-hybridized carbons (Fsp3) is 0.462. The predicted octanol–water partition coefficient (Wildman–Crippen LogP) is 1.68. The molecule has 2 rings (SSSR count). The molecule has 0 saturated heterocycles. The molecule has 0 aliphatic carbocycles. The zero-order chi connectivity index (χ0) is 15.6. The number of nitrogens with zero attached hydrogens (tertiary/aromatic N) is 3. The Hall–Kier alpha value is -1.41. The standard InChI is InChI=1S/C13H17N3O3S2/c1-8-4-10-12(14-5-8)16(6-9(2)21(3)19)13(15-10)20-7-11(17)18/h4-5,9H,6-7H2,1-3H3,(H,17,18). The lowest BCUT2D eigenvalue weighted by molar-refractivity contribution is -0.133. The lowest BCUT2D eigenvalue weighted by atomic mass is 10.3. The molecular formula is C13H17N3O3S2. The number of carboxylic acids is 1. The fourth-order valence-corrected chi connectivity index (χ4v) is 2.95. The van der Waals surface area contributed by atoms with Crippen molar-refractivity contribution in [2.45, 2.75) is 30.8 Å². The normalized spacial score (nSPS) is 14.2. The average molecular weight is 327 g/mol. The number of hydrogen-bond acceptors (Lipinski definition) is 5. The van der Waals surface area contributed by atoms with Gasteiger partial charge in [-0.1, -0.05) is 11.8 Å². The van der Waals surface area contributed by atoms with Crippen molar-refractivity contribution in [1.29, 1.82) is 0 Å². The van der Waals surface area contributed by atoms with E-state index in [2.05, 4.69) is 9.97 Å². The maximum atomic E-state index is 11.6. The summed E-state index contributed by atoms with van der Waals surface area (Å²) in [5.74, 6) is -0.957. The number of pyridine rings is 1. The van der Waals surface area contributed by atoms with Gasteiger partial charge in [0, 0.05) is 35.0 Å². The van der Waals surface area contributed by atoms with Crippen molar-refractivity contribution in [3.63, 3.8) is 0 Å². The first kappa shape index (κ1) is 16.0. The summed E-state index contributed by atoms with van der Waals surface area (Å²) in [6.45, 7) is 4.32. The highest BCUT2D eigenvalue weighted by molar-refractivity contribution is 7.99. The van der Waals surface area contributed by atoms with Gasteiger partial charge in [-0.15, -0.1) is 0 Å². The summed E-state index contributed by atoms with van der Waals surface area (Å²) >= 11 is 1.15. The molecule has 6 nitrogen and oxygen atoms in total. The highest BCUT2D eigenvalue weighted by Crippen LogP contribution is 2.24. The molecule has 21 heavy (non-hydrogen) atoms. The van der Waals surface area contributed by atoms with Gasteiger partial charge in [-0.25, -0.2) is 9.97 Å². The first-order valence-electron chi connectivity index (χ1n) is 6.38. The number of hydrogen-bond donors (Lipinski definition) is 1. The second-order valence-electron chi connectivity index (χ2n) is 4.85. The van der Waals surface area contributed by atoms with Gasteiger partial charge in [-0.3, -0.25) is 9.00 Å². The third-order valence-electron chi connectivity index (χ3n) is 3.02. The van der Waals surface area contributed by atoms with Crippen molar-refractivity contribution in [3.8, 4) is 0 Å². The van der Waals surface area contributed by atoms with Gasteiger partial charge in [0.25, 0.3) is 0 Å². The molecule has 0 aliphatic rings. The smallest absolute Gasteiger partial charge is 0.313 e. The zero-order valence-electron chi connectivity index (χ0n) is 12.1. The molecule has 0 aliphatic heterocycles. The highest BCUT2D eigenvalue weighted by Gasteiger charge is 2.17. The van der Waals surface area contributed by atoms with E-state index in [1.165, 1.54) is 0 Å². The van der Waals surface area contributed by atoms with Crippen LogP contribution in [0.2, 0.25) is 0 Å². The van der Waals surface area contributed by atoms with Gasteiger partial charge in [0.2, 0.25) is 0 Å². The molecule has 2 aromatic rings.